The van der Waals surface area contributed by atoms with Crippen molar-refractivity contribution in [1.29, 1.82) is 0 Å². The number of benzene rings is 1. The largest absolute Gasteiger partial charge is 0.389 e. The number of hydrogen-bond acceptors (Lipinski definition) is 2. The Bertz CT molecular complexity index is 481. The van der Waals surface area contributed by atoms with Crippen LogP contribution in [0.15, 0.2) is 12.1 Å². The van der Waals surface area contributed by atoms with Crippen molar-refractivity contribution >= 4 is 23.3 Å². The van der Waals surface area contributed by atoms with E-state index in [0.717, 1.165) is 6.07 Å². The van der Waals surface area contributed by atoms with Crippen LogP contribution in [0.25, 0.3) is 0 Å². The molecular weight excluding hydrogens is 290 g/mol. The Hall–Kier alpha value is -1.40. The summed E-state index contributed by atoms with van der Waals surface area (Å²) in [5.74, 6) is -1.78. The Balaban J connectivity index is 2.89. The summed E-state index contributed by atoms with van der Waals surface area (Å²) in [6.07, 6.45) is 0. The van der Waals surface area contributed by atoms with Crippen LogP contribution in [0.2, 0.25) is 5.02 Å². The van der Waals surface area contributed by atoms with Crippen molar-refractivity contribution in [3.63, 3.8) is 0 Å². The van der Waals surface area contributed by atoms with Crippen molar-refractivity contribution in [2.45, 2.75) is 26.4 Å². The highest BCUT2D eigenvalue weighted by molar-refractivity contribution is 6.33. The number of anilines is 1. The molecule has 0 radical (unpaired) electrons. The number of likely N-dealkylation sites (N-methyl/N-ethyl adjacent to an activating group) is 1. The highest BCUT2D eigenvalue weighted by atomic mass is 35.5. The molecule has 1 rings (SSSR count). The van der Waals surface area contributed by atoms with Crippen molar-refractivity contribution in [2.24, 2.45) is 0 Å². The fraction of sp³-hybridized carbons (Fsp3) is 0.462. The van der Waals surface area contributed by atoms with Gasteiger partial charge in [-0.25, -0.2) is 13.6 Å². The zero-order chi connectivity index (χ0) is 15.5. The van der Waals surface area contributed by atoms with Crippen molar-refractivity contribution < 1.29 is 18.7 Å². The first kappa shape index (κ1) is 16.7. The second-order valence-electron chi connectivity index (χ2n) is 5.00. The van der Waals surface area contributed by atoms with E-state index in [1.807, 2.05) is 0 Å². The van der Waals surface area contributed by atoms with Crippen LogP contribution in [-0.4, -0.2) is 34.7 Å². The third-order valence-electron chi connectivity index (χ3n) is 2.49. The molecule has 20 heavy (non-hydrogen) atoms. The molecule has 0 saturated heterocycles. The average molecular weight is 307 g/mol. The lowest BCUT2D eigenvalue weighted by Crippen LogP contribution is -2.44. The second-order valence-corrected chi connectivity index (χ2v) is 5.41. The number of hydrogen-bond donors (Lipinski definition) is 2. The lowest BCUT2D eigenvalue weighted by Gasteiger charge is -2.28. The van der Waals surface area contributed by atoms with Gasteiger partial charge in [-0.3, -0.25) is 0 Å². The molecule has 0 aliphatic carbocycles. The van der Waals surface area contributed by atoms with Gasteiger partial charge in [0.2, 0.25) is 0 Å². The number of rotatable bonds is 4. The van der Waals surface area contributed by atoms with Crippen LogP contribution in [0.5, 0.6) is 0 Å². The molecule has 4 nitrogen and oxygen atoms in total. The van der Waals surface area contributed by atoms with Gasteiger partial charge in [-0.1, -0.05) is 11.6 Å². The smallest absolute Gasteiger partial charge is 0.322 e. The monoisotopic (exact) mass is 306 g/mol. The van der Waals surface area contributed by atoms with Gasteiger partial charge in [0.05, 0.1) is 22.9 Å². The molecule has 0 unspecified atom stereocenters. The van der Waals surface area contributed by atoms with Crippen molar-refractivity contribution in [1.82, 2.24) is 4.90 Å². The minimum absolute atomic E-state index is 0.0652. The van der Waals surface area contributed by atoms with Gasteiger partial charge < -0.3 is 15.3 Å². The maximum Gasteiger partial charge on any atom is 0.322 e. The second kappa shape index (κ2) is 6.37. The average Bonchev–Trinajstić information content (AvgIpc) is 2.29. The molecule has 0 aliphatic rings. The first-order valence-electron chi connectivity index (χ1n) is 6.07. The Morgan fingerprint density at radius 2 is 2.05 bits per heavy atom. The normalized spacial score (nSPS) is 11.3. The number of nitrogens with zero attached hydrogens (tertiary/aromatic N) is 1. The maximum atomic E-state index is 13.6. The summed E-state index contributed by atoms with van der Waals surface area (Å²) < 4.78 is 26.5. The van der Waals surface area contributed by atoms with Gasteiger partial charge in [0, 0.05) is 12.6 Å². The lowest BCUT2D eigenvalue weighted by atomic mass is 10.1. The van der Waals surface area contributed by atoms with Crippen LogP contribution >= 0.6 is 11.6 Å². The lowest BCUT2D eigenvalue weighted by molar-refractivity contribution is 0.0501. The van der Waals surface area contributed by atoms with Crippen LogP contribution in [0, 0.1) is 11.6 Å². The van der Waals surface area contributed by atoms with E-state index in [-0.39, 0.29) is 17.3 Å². The number of aliphatic hydroxyl groups is 1. The molecule has 0 aliphatic heterocycles. The van der Waals surface area contributed by atoms with Crippen LogP contribution < -0.4 is 5.32 Å². The number of halogens is 3. The van der Waals surface area contributed by atoms with Crippen molar-refractivity contribution in [3.05, 3.63) is 28.8 Å². The third kappa shape index (κ3) is 4.61. The summed E-state index contributed by atoms with van der Waals surface area (Å²) in [5.41, 5.74) is -1.37. The standard InChI is InChI=1S/C13H17ClF2N2O2/c1-4-18(7-13(2,3)20)12(19)17-11-9(14)5-8(15)6-10(11)16/h5-6,20H,4,7H2,1-3H3,(H,17,19). The van der Waals surface area contributed by atoms with Crippen LogP contribution in [0.1, 0.15) is 20.8 Å². The van der Waals surface area contributed by atoms with Gasteiger partial charge in [0.15, 0.2) is 5.82 Å². The summed E-state index contributed by atoms with van der Waals surface area (Å²) in [7, 11) is 0. The number of nitrogens with one attached hydrogen (secondary N) is 1. The minimum atomic E-state index is -1.08. The van der Waals surface area contributed by atoms with Gasteiger partial charge in [0.25, 0.3) is 0 Å². The van der Waals surface area contributed by atoms with E-state index in [1.54, 1.807) is 20.8 Å². The topological polar surface area (TPSA) is 52.6 Å². The Morgan fingerprint density at radius 3 is 2.50 bits per heavy atom. The van der Waals surface area contributed by atoms with Crippen LogP contribution in [-0.2, 0) is 0 Å². The van der Waals surface area contributed by atoms with Gasteiger partial charge >= 0.3 is 6.03 Å². The fourth-order valence-electron chi connectivity index (χ4n) is 1.64. The Morgan fingerprint density at radius 1 is 1.45 bits per heavy atom. The fourth-order valence-corrected chi connectivity index (χ4v) is 1.88. The number of urea groups is 1. The molecule has 0 heterocycles. The zero-order valence-corrected chi connectivity index (χ0v) is 12.3. The SMILES string of the molecule is CCN(CC(C)(C)O)C(=O)Nc1c(F)cc(F)cc1Cl. The van der Waals surface area contributed by atoms with E-state index in [9.17, 15) is 18.7 Å². The number of amides is 2. The first-order valence-corrected chi connectivity index (χ1v) is 6.44. The summed E-state index contributed by atoms with van der Waals surface area (Å²) in [4.78, 5) is 13.3. The molecule has 0 bridgehead atoms. The Kier molecular flexibility index (Phi) is 5.30. The summed E-state index contributed by atoms with van der Waals surface area (Å²) >= 11 is 5.70. The first-order chi connectivity index (χ1) is 9.14. The van der Waals surface area contributed by atoms with Crippen molar-refractivity contribution in [3.8, 4) is 0 Å². The Labute approximate surface area is 121 Å². The number of carbonyl (C=O) groups is 1. The quantitative estimate of drug-likeness (QED) is 0.897. The predicted octanol–water partition coefficient (Wildman–Crippen LogP) is 3.24. The maximum absolute atomic E-state index is 13.6. The summed E-state index contributed by atoms with van der Waals surface area (Å²) in [5, 5.41) is 11.8. The molecular formula is C13H17ClF2N2O2. The van der Waals surface area contributed by atoms with Crippen LogP contribution in [0.4, 0.5) is 19.3 Å². The van der Waals surface area contributed by atoms with Crippen molar-refractivity contribution in [2.75, 3.05) is 18.4 Å². The molecule has 0 fully saturated rings. The highest BCUT2D eigenvalue weighted by Crippen LogP contribution is 2.26. The van der Waals surface area contributed by atoms with Gasteiger partial charge in [-0.05, 0) is 26.8 Å². The van der Waals surface area contributed by atoms with Crippen LogP contribution in [0.3, 0.4) is 0 Å². The molecule has 0 aromatic heterocycles. The molecule has 0 saturated carbocycles. The van der Waals surface area contributed by atoms with Gasteiger partial charge in [-0.2, -0.15) is 0 Å². The summed E-state index contributed by atoms with van der Waals surface area (Å²) in [6.45, 7) is 5.20. The van der Waals surface area contributed by atoms with E-state index >= 15 is 0 Å². The van der Waals surface area contributed by atoms with Gasteiger partial charge in [-0.15, -0.1) is 0 Å². The molecule has 1 aromatic rings. The van der Waals surface area contributed by atoms with E-state index in [4.69, 9.17) is 11.6 Å². The minimum Gasteiger partial charge on any atom is -0.389 e. The third-order valence-corrected chi connectivity index (χ3v) is 2.78. The van der Waals surface area contributed by atoms with E-state index in [0.29, 0.717) is 12.6 Å². The number of carbonyl (C=O) groups excluding carboxylic acids is 1. The molecule has 7 heteroatoms. The highest BCUT2D eigenvalue weighted by Gasteiger charge is 2.22. The molecule has 2 N–H and O–H groups in total. The van der Waals surface area contributed by atoms with E-state index < -0.39 is 23.3 Å². The molecule has 112 valence electrons. The molecule has 2 amide bonds. The molecule has 1 aromatic carbocycles. The summed E-state index contributed by atoms with van der Waals surface area (Å²) in [6, 6.07) is 0.919. The molecule has 0 atom stereocenters. The van der Waals surface area contributed by atoms with E-state index in [2.05, 4.69) is 5.32 Å². The molecule has 0 spiro atoms. The predicted molar refractivity (Wildman–Crippen MR) is 73.9 cm³/mol. The van der Waals surface area contributed by atoms with Gasteiger partial charge in [0.1, 0.15) is 5.82 Å². The van der Waals surface area contributed by atoms with E-state index in [1.165, 1.54) is 4.90 Å². The zero-order valence-electron chi connectivity index (χ0n) is 11.5.